The summed E-state index contributed by atoms with van der Waals surface area (Å²) in [5, 5.41) is 12.3. The molecule has 0 aliphatic heterocycles. The zero-order valence-corrected chi connectivity index (χ0v) is 8.23. The Balaban J connectivity index is 1.92. The zero-order valence-electron chi connectivity index (χ0n) is 8.23. The van der Waals surface area contributed by atoms with Gasteiger partial charge in [-0.05, 0) is 25.0 Å². The lowest BCUT2D eigenvalue weighted by atomic mass is 10.3. The summed E-state index contributed by atoms with van der Waals surface area (Å²) < 4.78 is 5.51. The molecule has 1 aromatic carbocycles. The Morgan fingerprint density at radius 1 is 1.40 bits per heavy atom. The summed E-state index contributed by atoms with van der Waals surface area (Å²) >= 11 is 0. The maximum atomic E-state index is 9.16. The van der Waals surface area contributed by atoms with Crippen LogP contribution in [-0.4, -0.2) is 22.2 Å². The van der Waals surface area contributed by atoms with Crippen molar-refractivity contribution in [3.05, 3.63) is 24.3 Å². The van der Waals surface area contributed by atoms with Gasteiger partial charge in [0.1, 0.15) is 5.52 Å². The lowest BCUT2D eigenvalue weighted by Crippen LogP contribution is -2.25. The molecular weight excluding hydrogens is 192 g/mol. The van der Waals surface area contributed by atoms with Gasteiger partial charge >= 0.3 is 0 Å². The third-order valence-electron chi connectivity index (χ3n) is 2.82. The van der Waals surface area contributed by atoms with E-state index >= 15 is 0 Å². The number of nitrogens with one attached hydrogen (secondary N) is 1. The van der Waals surface area contributed by atoms with Gasteiger partial charge < -0.3 is 14.8 Å². The van der Waals surface area contributed by atoms with Crippen LogP contribution in [0.1, 0.15) is 12.8 Å². The maximum absolute atomic E-state index is 9.16. The number of benzene rings is 1. The molecule has 0 saturated heterocycles. The summed E-state index contributed by atoms with van der Waals surface area (Å²) in [6, 6.07) is 8.13. The van der Waals surface area contributed by atoms with Crippen LogP contribution < -0.4 is 5.32 Å². The Morgan fingerprint density at radius 2 is 2.20 bits per heavy atom. The molecule has 1 aromatic heterocycles. The van der Waals surface area contributed by atoms with Crippen molar-refractivity contribution < 1.29 is 9.52 Å². The summed E-state index contributed by atoms with van der Waals surface area (Å²) in [7, 11) is 0. The normalized spacial score (nSPS) is 17.9. The number of aliphatic hydroxyl groups is 1. The number of anilines is 1. The second-order valence-electron chi connectivity index (χ2n) is 4.05. The summed E-state index contributed by atoms with van der Waals surface area (Å²) in [5.41, 5.74) is 1.43. The first-order valence-corrected chi connectivity index (χ1v) is 5.06. The van der Waals surface area contributed by atoms with Crippen molar-refractivity contribution in [1.29, 1.82) is 0 Å². The predicted octanol–water partition coefficient (Wildman–Crippen LogP) is 1.76. The average molecular weight is 204 g/mol. The van der Waals surface area contributed by atoms with Crippen LogP contribution >= 0.6 is 0 Å². The highest BCUT2D eigenvalue weighted by Gasteiger charge is 2.43. The smallest absolute Gasteiger partial charge is 0.296 e. The predicted molar refractivity (Wildman–Crippen MR) is 56.7 cm³/mol. The highest BCUT2D eigenvalue weighted by Crippen LogP contribution is 2.38. The molecule has 0 unspecified atom stereocenters. The van der Waals surface area contributed by atoms with Gasteiger partial charge in [-0.25, -0.2) is 0 Å². The number of para-hydroxylation sites is 2. The lowest BCUT2D eigenvalue weighted by molar-refractivity contribution is 0.264. The minimum atomic E-state index is -0.180. The Morgan fingerprint density at radius 3 is 2.87 bits per heavy atom. The van der Waals surface area contributed by atoms with E-state index in [0.717, 1.165) is 23.9 Å². The summed E-state index contributed by atoms with van der Waals surface area (Å²) in [5.74, 6) is 0. The van der Waals surface area contributed by atoms with Gasteiger partial charge in [0.05, 0.1) is 12.1 Å². The first-order chi connectivity index (χ1) is 7.31. The van der Waals surface area contributed by atoms with E-state index in [1.54, 1.807) is 0 Å². The first kappa shape index (κ1) is 8.73. The first-order valence-electron chi connectivity index (χ1n) is 5.06. The van der Waals surface area contributed by atoms with Gasteiger partial charge in [0.15, 0.2) is 5.58 Å². The molecular formula is C11H12N2O2. The molecule has 4 nitrogen and oxygen atoms in total. The van der Waals surface area contributed by atoms with Gasteiger partial charge in [-0.15, -0.1) is 0 Å². The molecule has 1 aliphatic rings. The van der Waals surface area contributed by atoms with Crippen LogP contribution in [0.15, 0.2) is 28.7 Å². The number of rotatable bonds is 3. The lowest BCUT2D eigenvalue weighted by Gasteiger charge is -2.10. The number of hydrogen-bond acceptors (Lipinski definition) is 4. The Bertz CT molecular complexity index is 455. The zero-order chi connectivity index (χ0) is 10.3. The fraction of sp³-hybridized carbons (Fsp3) is 0.364. The molecule has 0 atom stereocenters. The fourth-order valence-corrected chi connectivity index (χ4v) is 1.63. The second-order valence-corrected chi connectivity index (χ2v) is 4.05. The second kappa shape index (κ2) is 2.97. The Hall–Kier alpha value is -1.55. The molecule has 15 heavy (non-hydrogen) atoms. The van der Waals surface area contributed by atoms with E-state index in [1.807, 2.05) is 24.3 Å². The van der Waals surface area contributed by atoms with E-state index in [4.69, 9.17) is 9.52 Å². The Labute approximate surface area is 86.9 Å². The van der Waals surface area contributed by atoms with E-state index in [-0.39, 0.29) is 12.1 Å². The number of aromatic nitrogens is 1. The molecule has 1 aliphatic carbocycles. The van der Waals surface area contributed by atoms with Gasteiger partial charge in [0, 0.05) is 0 Å². The molecule has 3 rings (SSSR count). The summed E-state index contributed by atoms with van der Waals surface area (Å²) in [6.45, 7) is 0.131. The highest BCUT2D eigenvalue weighted by molar-refractivity contribution is 5.74. The number of aliphatic hydroxyl groups excluding tert-OH is 1. The number of fused-ring (bicyclic) bond motifs is 1. The van der Waals surface area contributed by atoms with E-state index in [2.05, 4.69) is 10.3 Å². The summed E-state index contributed by atoms with van der Waals surface area (Å²) in [6.07, 6.45) is 1.95. The molecule has 2 N–H and O–H groups in total. The van der Waals surface area contributed by atoms with Crippen molar-refractivity contribution in [1.82, 2.24) is 4.98 Å². The number of hydrogen-bond donors (Lipinski definition) is 2. The van der Waals surface area contributed by atoms with E-state index in [1.165, 1.54) is 0 Å². The monoisotopic (exact) mass is 204 g/mol. The van der Waals surface area contributed by atoms with Gasteiger partial charge in [0.2, 0.25) is 0 Å². The van der Waals surface area contributed by atoms with E-state index < -0.39 is 0 Å². The van der Waals surface area contributed by atoms with Crippen LogP contribution in [0, 0.1) is 0 Å². The standard InChI is InChI=1S/C11H12N2O2/c14-7-11(5-6-11)13-10-12-8-3-1-2-4-9(8)15-10/h1-4,14H,5-7H2,(H,12,13). The largest absolute Gasteiger partial charge is 0.424 e. The van der Waals surface area contributed by atoms with Crippen LogP contribution in [-0.2, 0) is 0 Å². The minimum absolute atomic E-state index is 0.131. The molecule has 78 valence electrons. The van der Waals surface area contributed by atoms with Crippen LogP contribution in [0.2, 0.25) is 0 Å². The van der Waals surface area contributed by atoms with E-state index in [9.17, 15) is 0 Å². The van der Waals surface area contributed by atoms with Crippen molar-refractivity contribution in [3.63, 3.8) is 0 Å². The Kier molecular flexibility index (Phi) is 1.73. The van der Waals surface area contributed by atoms with Crippen LogP contribution in [0.5, 0.6) is 0 Å². The van der Waals surface area contributed by atoms with Crippen LogP contribution in [0.3, 0.4) is 0 Å². The molecule has 2 aromatic rings. The third kappa shape index (κ3) is 1.47. The van der Waals surface area contributed by atoms with Crippen molar-refractivity contribution in [2.24, 2.45) is 0 Å². The molecule has 1 heterocycles. The molecule has 1 saturated carbocycles. The van der Waals surface area contributed by atoms with Crippen molar-refractivity contribution >= 4 is 17.1 Å². The molecule has 0 amide bonds. The average Bonchev–Trinajstić information content (AvgIpc) is 2.91. The maximum Gasteiger partial charge on any atom is 0.296 e. The van der Waals surface area contributed by atoms with Gasteiger partial charge in [-0.3, -0.25) is 0 Å². The quantitative estimate of drug-likeness (QED) is 0.799. The van der Waals surface area contributed by atoms with Crippen LogP contribution in [0.4, 0.5) is 6.01 Å². The highest BCUT2D eigenvalue weighted by atomic mass is 16.4. The summed E-state index contributed by atoms with van der Waals surface area (Å²) in [4.78, 5) is 4.30. The van der Waals surface area contributed by atoms with Crippen molar-refractivity contribution in [2.45, 2.75) is 18.4 Å². The van der Waals surface area contributed by atoms with Gasteiger partial charge in [-0.1, -0.05) is 12.1 Å². The number of oxazole rings is 1. The molecule has 0 bridgehead atoms. The minimum Gasteiger partial charge on any atom is -0.424 e. The van der Waals surface area contributed by atoms with Crippen LogP contribution in [0.25, 0.3) is 11.1 Å². The van der Waals surface area contributed by atoms with Gasteiger partial charge in [0.25, 0.3) is 6.01 Å². The van der Waals surface area contributed by atoms with Gasteiger partial charge in [-0.2, -0.15) is 4.98 Å². The van der Waals surface area contributed by atoms with E-state index in [0.29, 0.717) is 6.01 Å². The van der Waals surface area contributed by atoms with Crippen molar-refractivity contribution in [3.8, 4) is 0 Å². The topological polar surface area (TPSA) is 58.3 Å². The SMILES string of the molecule is OCC1(Nc2nc3ccccc3o2)CC1. The fourth-order valence-electron chi connectivity index (χ4n) is 1.63. The molecule has 0 radical (unpaired) electrons. The molecule has 4 heteroatoms. The number of nitrogens with zero attached hydrogens (tertiary/aromatic N) is 1. The van der Waals surface area contributed by atoms with Crippen molar-refractivity contribution in [2.75, 3.05) is 11.9 Å². The molecule has 1 fully saturated rings. The molecule has 0 spiro atoms. The third-order valence-corrected chi connectivity index (χ3v) is 2.82.